The first kappa shape index (κ1) is 14.0. The summed E-state index contributed by atoms with van der Waals surface area (Å²) >= 11 is 0. The van der Waals surface area contributed by atoms with E-state index in [0.29, 0.717) is 25.3 Å². The first-order chi connectivity index (χ1) is 9.11. The molecule has 1 aromatic rings. The normalized spacial score (nSPS) is 22.8. The van der Waals surface area contributed by atoms with E-state index in [1.807, 2.05) is 11.0 Å². The fourth-order valence-corrected chi connectivity index (χ4v) is 2.75. The van der Waals surface area contributed by atoms with E-state index in [9.17, 15) is 9.18 Å². The molecule has 19 heavy (non-hydrogen) atoms. The Bertz CT molecular complexity index is 450. The predicted octanol–water partition coefficient (Wildman–Crippen LogP) is 2.47. The van der Waals surface area contributed by atoms with Crippen molar-refractivity contribution in [3.05, 3.63) is 35.6 Å². The summed E-state index contributed by atoms with van der Waals surface area (Å²) in [5.41, 5.74) is 6.34. The van der Waals surface area contributed by atoms with Crippen molar-refractivity contribution in [1.82, 2.24) is 4.90 Å². The molecule has 1 amide bonds. The number of amides is 1. The Balaban J connectivity index is 2.15. The lowest BCUT2D eigenvalue weighted by Gasteiger charge is -2.25. The van der Waals surface area contributed by atoms with Crippen LogP contribution in [0.1, 0.15) is 37.8 Å². The molecule has 1 aromatic carbocycles. The van der Waals surface area contributed by atoms with Crippen LogP contribution >= 0.6 is 0 Å². The maximum absolute atomic E-state index is 13.3. The van der Waals surface area contributed by atoms with E-state index in [1.54, 1.807) is 6.07 Å². The lowest BCUT2D eigenvalue weighted by molar-refractivity contribution is -0.132. The quantitative estimate of drug-likeness (QED) is 0.908. The number of nitrogens with zero attached hydrogens (tertiary/aromatic N) is 1. The SMILES string of the molecule is CC1CC(c2cccc(F)c2)N(C(=O)CCCN)C1. The van der Waals surface area contributed by atoms with Gasteiger partial charge in [0.2, 0.25) is 5.91 Å². The van der Waals surface area contributed by atoms with Gasteiger partial charge in [0, 0.05) is 13.0 Å². The van der Waals surface area contributed by atoms with Gasteiger partial charge in [0.15, 0.2) is 0 Å². The van der Waals surface area contributed by atoms with Gasteiger partial charge in [-0.2, -0.15) is 0 Å². The largest absolute Gasteiger partial charge is 0.335 e. The van der Waals surface area contributed by atoms with Gasteiger partial charge in [-0.3, -0.25) is 4.79 Å². The minimum Gasteiger partial charge on any atom is -0.335 e. The molecule has 1 saturated heterocycles. The molecule has 1 aliphatic heterocycles. The molecule has 2 unspecified atom stereocenters. The summed E-state index contributed by atoms with van der Waals surface area (Å²) in [6.07, 6.45) is 2.09. The Morgan fingerprint density at radius 2 is 2.32 bits per heavy atom. The summed E-state index contributed by atoms with van der Waals surface area (Å²) in [5.74, 6) is 0.338. The van der Waals surface area contributed by atoms with Crippen LogP contribution in [0.3, 0.4) is 0 Å². The molecule has 1 fully saturated rings. The Hall–Kier alpha value is -1.42. The molecular formula is C15H21FN2O. The van der Waals surface area contributed by atoms with Crippen LogP contribution in [0.15, 0.2) is 24.3 Å². The second-order valence-corrected chi connectivity index (χ2v) is 5.35. The number of likely N-dealkylation sites (tertiary alicyclic amines) is 1. The minimum absolute atomic E-state index is 0.0102. The van der Waals surface area contributed by atoms with Crippen molar-refractivity contribution in [3.63, 3.8) is 0 Å². The van der Waals surface area contributed by atoms with Crippen LogP contribution in [0, 0.1) is 11.7 Å². The van der Waals surface area contributed by atoms with Crippen LogP contribution in [0.2, 0.25) is 0 Å². The molecule has 0 bridgehead atoms. The molecule has 2 atom stereocenters. The molecule has 0 radical (unpaired) electrons. The molecule has 1 heterocycles. The van der Waals surface area contributed by atoms with Crippen molar-refractivity contribution in [2.45, 2.75) is 32.2 Å². The molecule has 2 N–H and O–H groups in total. The average Bonchev–Trinajstić information content (AvgIpc) is 2.78. The summed E-state index contributed by atoms with van der Waals surface area (Å²) < 4.78 is 13.3. The lowest BCUT2D eigenvalue weighted by Crippen LogP contribution is -2.31. The maximum Gasteiger partial charge on any atom is 0.223 e. The third kappa shape index (κ3) is 3.32. The van der Waals surface area contributed by atoms with Crippen LogP contribution in [0.4, 0.5) is 4.39 Å². The molecular weight excluding hydrogens is 243 g/mol. The molecule has 1 aliphatic rings. The van der Waals surface area contributed by atoms with E-state index in [-0.39, 0.29) is 17.8 Å². The Morgan fingerprint density at radius 3 is 3.00 bits per heavy atom. The number of halogens is 1. The van der Waals surface area contributed by atoms with Crippen molar-refractivity contribution >= 4 is 5.91 Å². The Labute approximate surface area is 113 Å². The fourth-order valence-electron chi connectivity index (χ4n) is 2.75. The van der Waals surface area contributed by atoms with E-state index in [0.717, 1.165) is 18.5 Å². The van der Waals surface area contributed by atoms with Crippen LogP contribution < -0.4 is 5.73 Å². The molecule has 0 aliphatic carbocycles. The molecule has 4 heteroatoms. The average molecular weight is 264 g/mol. The van der Waals surface area contributed by atoms with Crippen LogP contribution in [-0.2, 0) is 4.79 Å². The third-order valence-electron chi connectivity index (χ3n) is 3.66. The van der Waals surface area contributed by atoms with Crippen molar-refractivity contribution in [2.24, 2.45) is 11.7 Å². The van der Waals surface area contributed by atoms with Crippen molar-refractivity contribution in [3.8, 4) is 0 Å². The van der Waals surface area contributed by atoms with Crippen LogP contribution in [0.5, 0.6) is 0 Å². The monoisotopic (exact) mass is 264 g/mol. The Kier molecular flexibility index (Phi) is 4.53. The second kappa shape index (κ2) is 6.15. The number of benzene rings is 1. The van der Waals surface area contributed by atoms with Gasteiger partial charge < -0.3 is 10.6 Å². The summed E-state index contributed by atoms with van der Waals surface area (Å²) in [7, 11) is 0. The van der Waals surface area contributed by atoms with E-state index < -0.39 is 0 Å². The second-order valence-electron chi connectivity index (χ2n) is 5.35. The number of carbonyl (C=O) groups is 1. The summed E-state index contributed by atoms with van der Waals surface area (Å²) in [4.78, 5) is 14.1. The standard InChI is InChI=1S/C15H21FN2O/c1-11-8-14(12-4-2-5-13(16)9-12)18(10-11)15(19)6-3-7-17/h2,4-5,9,11,14H,3,6-8,10,17H2,1H3. The first-order valence-electron chi connectivity index (χ1n) is 6.87. The van der Waals surface area contributed by atoms with Crippen molar-refractivity contribution < 1.29 is 9.18 Å². The minimum atomic E-state index is -0.244. The van der Waals surface area contributed by atoms with Gasteiger partial charge in [0.1, 0.15) is 5.82 Å². The zero-order chi connectivity index (χ0) is 13.8. The highest BCUT2D eigenvalue weighted by Gasteiger charge is 2.33. The van der Waals surface area contributed by atoms with Crippen LogP contribution in [-0.4, -0.2) is 23.9 Å². The van der Waals surface area contributed by atoms with Gasteiger partial charge in [-0.1, -0.05) is 19.1 Å². The topological polar surface area (TPSA) is 46.3 Å². The number of carbonyl (C=O) groups excluding carboxylic acids is 1. The molecule has 3 nitrogen and oxygen atoms in total. The van der Waals surface area contributed by atoms with Gasteiger partial charge in [-0.05, 0) is 43.0 Å². The molecule has 2 rings (SSSR count). The highest BCUT2D eigenvalue weighted by atomic mass is 19.1. The zero-order valence-corrected chi connectivity index (χ0v) is 11.3. The zero-order valence-electron chi connectivity index (χ0n) is 11.3. The van der Waals surface area contributed by atoms with Crippen molar-refractivity contribution in [2.75, 3.05) is 13.1 Å². The van der Waals surface area contributed by atoms with Gasteiger partial charge in [0.05, 0.1) is 6.04 Å². The van der Waals surface area contributed by atoms with Gasteiger partial charge in [0.25, 0.3) is 0 Å². The predicted molar refractivity (Wildman–Crippen MR) is 72.9 cm³/mol. The van der Waals surface area contributed by atoms with E-state index >= 15 is 0 Å². The van der Waals surface area contributed by atoms with E-state index in [4.69, 9.17) is 5.73 Å². The molecule has 0 spiro atoms. The van der Waals surface area contributed by atoms with Gasteiger partial charge >= 0.3 is 0 Å². The van der Waals surface area contributed by atoms with Crippen molar-refractivity contribution in [1.29, 1.82) is 0 Å². The molecule has 104 valence electrons. The molecule has 0 aromatic heterocycles. The van der Waals surface area contributed by atoms with E-state index in [2.05, 4.69) is 6.92 Å². The maximum atomic E-state index is 13.3. The molecule has 0 saturated carbocycles. The Morgan fingerprint density at radius 1 is 1.53 bits per heavy atom. The highest BCUT2D eigenvalue weighted by molar-refractivity contribution is 5.77. The van der Waals surface area contributed by atoms with Crippen LogP contribution in [0.25, 0.3) is 0 Å². The number of nitrogens with two attached hydrogens (primary N) is 1. The number of hydrogen-bond acceptors (Lipinski definition) is 2. The van der Waals surface area contributed by atoms with Gasteiger partial charge in [-0.25, -0.2) is 4.39 Å². The highest BCUT2D eigenvalue weighted by Crippen LogP contribution is 2.35. The van der Waals surface area contributed by atoms with E-state index in [1.165, 1.54) is 12.1 Å². The lowest BCUT2D eigenvalue weighted by atomic mass is 10.0. The van der Waals surface area contributed by atoms with Gasteiger partial charge in [-0.15, -0.1) is 0 Å². The first-order valence-corrected chi connectivity index (χ1v) is 6.87. The fraction of sp³-hybridized carbons (Fsp3) is 0.533. The number of hydrogen-bond donors (Lipinski definition) is 1. The summed E-state index contributed by atoms with van der Waals surface area (Å²) in [6, 6.07) is 6.58. The summed E-state index contributed by atoms with van der Waals surface area (Å²) in [5, 5.41) is 0. The summed E-state index contributed by atoms with van der Waals surface area (Å²) in [6.45, 7) is 3.41. The smallest absolute Gasteiger partial charge is 0.223 e. The third-order valence-corrected chi connectivity index (χ3v) is 3.66. The number of rotatable bonds is 4.